The molecule has 0 radical (unpaired) electrons. The molecule has 1 aromatic carbocycles. The summed E-state index contributed by atoms with van der Waals surface area (Å²) in [6.07, 6.45) is -0.924. The van der Waals surface area contributed by atoms with Crippen LogP contribution in [-0.2, 0) is 11.0 Å². The van der Waals surface area contributed by atoms with Crippen molar-refractivity contribution < 1.29 is 18.0 Å². The summed E-state index contributed by atoms with van der Waals surface area (Å²) in [5.41, 5.74) is 0.297. The molecule has 0 saturated heterocycles. The van der Waals surface area contributed by atoms with Gasteiger partial charge in [0.1, 0.15) is 11.3 Å². The third-order valence-electron chi connectivity index (χ3n) is 5.41. The van der Waals surface area contributed by atoms with Crippen molar-refractivity contribution in [2.45, 2.75) is 38.9 Å². The summed E-state index contributed by atoms with van der Waals surface area (Å²) in [5.74, 6) is -0.0619. The van der Waals surface area contributed by atoms with Crippen LogP contribution >= 0.6 is 23.2 Å². The third-order valence-corrected chi connectivity index (χ3v) is 5.97. The zero-order chi connectivity index (χ0) is 22.5. The Hall–Kier alpha value is -2.45. The Morgan fingerprint density at radius 2 is 2.00 bits per heavy atom. The summed E-state index contributed by atoms with van der Waals surface area (Å²) < 4.78 is 42.1. The van der Waals surface area contributed by atoms with Crippen LogP contribution in [0.5, 0.6) is 0 Å². The minimum absolute atomic E-state index is 0.00575. The number of carbonyl (C=O) groups excluding carboxylic acids is 1. The minimum Gasteiger partial charge on any atom is -0.299 e. The Balaban J connectivity index is 1.88. The first kappa shape index (κ1) is 21.8. The Morgan fingerprint density at radius 1 is 1.26 bits per heavy atom. The zero-order valence-electron chi connectivity index (χ0n) is 16.5. The van der Waals surface area contributed by atoms with Gasteiger partial charge in [0.05, 0.1) is 17.9 Å². The number of alkyl halides is 3. The molecule has 0 N–H and O–H groups in total. The van der Waals surface area contributed by atoms with E-state index in [4.69, 9.17) is 23.2 Å². The maximum absolute atomic E-state index is 13.6. The number of ketones is 1. The van der Waals surface area contributed by atoms with E-state index in [1.54, 1.807) is 25.1 Å². The number of halogens is 5. The fraction of sp³-hybridized carbons (Fsp3) is 0.333. The summed E-state index contributed by atoms with van der Waals surface area (Å²) in [6.45, 7) is 3.49. The number of allylic oxidation sites excluding steroid dienone is 2. The van der Waals surface area contributed by atoms with Crippen LogP contribution in [0, 0.1) is 5.92 Å². The second-order valence-electron chi connectivity index (χ2n) is 7.57. The molecule has 0 fully saturated rings. The largest absolute Gasteiger partial charge is 0.437 e. The second kappa shape index (κ2) is 7.91. The number of hydrogen-bond acceptors (Lipinski definition) is 4. The van der Waals surface area contributed by atoms with Crippen molar-refractivity contribution in [3.8, 4) is 0 Å². The normalized spacial score (nSPS) is 18.4. The van der Waals surface area contributed by atoms with Crippen LogP contribution in [0.1, 0.15) is 49.7 Å². The molecule has 1 aliphatic rings. The Labute approximate surface area is 185 Å². The Kier molecular flexibility index (Phi) is 5.55. The summed E-state index contributed by atoms with van der Waals surface area (Å²) in [7, 11) is 0. The summed E-state index contributed by atoms with van der Waals surface area (Å²) in [4.78, 5) is 20.3. The lowest BCUT2D eigenvalue weighted by Gasteiger charge is -2.18. The smallest absolute Gasteiger partial charge is 0.299 e. The molecular formula is C21H17Cl2F3N4O. The van der Waals surface area contributed by atoms with Crippen molar-refractivity contribution >= 4 is 45.7 Å². The van der Waals surface area contributed by atoms with Crippen molar-refractivity contribution in [2.24, 2.45) is 5.92 Å². The predicted octanol–water partition coefficient (Wildman–Crippen LogP) is 6.14. The van der Waals surface area contributed by atoms with Crippen LogP contribution in [-0.4, -0.2) is 25.5 Å². The maximum Gasteiger partial charge on any atom is 0.437 e. The molecule has 2 atom stereocenters. The fourth-order valence-corrected chi connectivity index (χ4v) is 4.22. The van der Waals surface area contributed by atoms with E-state index >= 15 is 0 Å². The quantitative estimate of drug-likeness (QED) is 0.462. The average Bonchev–Trinajstić information content (AvgIpc) is 3.09. The SMILES string of the molecule is CC1CC(c2cnc3c(C(F)(F)F)nn([C@H](C)c4ccc(Cl)cc4Cl)c3n2)=CCC1=O. The summed E-state index contributed by atoms with van der Waals surface area (Å²) >= 11 is 12.2. The molecule has 0 bridgehead atoms. The van der Waals surface area contributed by atoms with E-state index in [1.807, 2.05) is 6.92 Å². The monoisotopic (exact) mass is 468 g/mol. The first-order valence-electron chi connectivity index (χ1n) is 9.55. The highest BCUT2D eigenvalue weighted by molar-refractivity contribution is 6.35. The zero-order valence-corrected chi connectivity index (χ0v) is 18.1. The van der Waals surface area contributed by atoms with Crippen LogP contribution in [0.15, 0.2) is 30.5 Å². The van der Waals surface area contributed by atoms with E-state index in [0.717, 1.165) is 5.57 Å². The topological polar surface area (TPSA) is 60.7 Å². The van der Waals surface area contributed by atoms with Gasteiger partial charge in [-0.1, -0.05) is 42.3 Å². The van der Waals surface area contributed by atoms with E-state index in [-0.39, 0.29) is 29.3 Å². The molecule has 31 heavy (non-hydrogen) atoms. The van der Waals surface area contributed by atoms with Crippen molar-refractivity contribution in [1.82, 2.24) is 19.7 Å². The van der Waals surface area contributed by atoms with Crippen LogP contribution in [0.4, 0.5) is 13.2 Å². The van der Waals surface area contributed by atoms with E-state index in [1.165, 1.54) is 16.9 Å². The number of benzene rings is 1. The van der Waals surface area contributed by atoms with Gasteiger partial charge in [-0.15, -0.1) is 0 Å². The summed E-state index contributed by atoms with van der Waals surface area (Å²) in [5, 5.41) is 4.54. The Bertz CT molecular complexity index is 1220. The molecule has 0 saturated carbocycles. The second-order valence-corrected chi connectivity index (χ2v) is 8.41. The molecule has 162 valence electrons. The molecular weight excluding hydrogens is 452 g/mol. The van der Waals surface area contributed by atoms with Gasteiger partial charge in [0.2, 0.25) is 0 Å². The summed E-state index contributed by atoms with van der Waals surface area (Å²) in [6, 6.07) is 4.12. The number of Topliss-reactive ketones (excluding diaryl/α,β-unsaturated/α-hetero) is 1. The number of nitrogens with zero attached hydrogens (tertiary/aromatic N) is 4. The highest BCUT2D eigenvalue weighted by atomic mass is 35.5. The predicted molar refractivity (Wildman–Crippen MR) is 112 cm³/mol. The number of carbonyl (C=O) groups is 1. The van der Waals surface area contributed by atoms with E-state index in [9.17, 15) is 18.0 Å². The molecule has 3 aromatic rings. The minimum atomic E-state index is -4.70. The van der Waals surface area contributed by atoms with Crippen molar-refractivity contribution in [2.75, 3.05) is 0 Å². The van der Waals surface area contributed by atoms with Gasteiger partial charge >= 0.3 is 6.18 Å². The lowest BCUT2D eigenvalue weighted by atomic mass is 9.88. The molecule has 1 aliphatic carbocycles. The molecule has 5 nitrogen and oxygen atoms in total. The van der Waals surface area contributed by atoms with Crippen molar-refractivity contribution in [3.63, 3.8) is 0 Å². The van der Waals surface area contributed by atoms with Gasteiger partial charge in [0, 0.05) is 22.4 Å². The Morgan fingerprint density at radius 3 is 2.65 bits per heavy atom. The van der Waals surface area contributed by atoms with Crippen LogP contribution in [0.2, 0.25) is 10.0 Å². The highest BCUT2D eigenvalue weighted by Gasteiger charge is 2.39. The molecule has 1 unspecified atom stereocenters. The van der Waals surface area contributed by atoms with Gasteiger partial charge in [-0.05, 0) is 36.6 Å². The standard InChI is InChI=1S/C21H17Cl2F3N4O/c1-10-7-12(3-6-17(10)31)16-9-27-18-19(21(24,25)26)29-30(20(18)28-16)11(2)14-5-4-13(22)8-15(14)23/h3-5,8-11H,6-7H2,1-2H3/t10?,11-/m1/s1. The van der Waals surface area contributed by atoms with E-state index in [0.29, 0.717) is 27.7 Å². The van der Waals surface area contributed by atoms with Gasteiger partial charge in [-0.25, -0.2) is 14.6 Å². The van der Waals surface area contributed by atoms with Gasteiger partial charge < -0.3 is 0 Å². The number of fused-ring (bicyclic) bond motifs is 1. The highest BCUT2D eigenvalue weighted by Crippen LogP contribution is 2.37. The van der Waals surface area contributed by atoms with E-state index < -0.39 is 17.9 Å². The van der Waals surface area contributed by atoms with Crippen LogP contribution in [0.25, 0.3) is 16.7 Å². The van der Waals surface area contributed by atoms with Gasteiger partial charge in [-0.3, -0.25) is 4.79 Å². The molecule has 10 heteroatoms. The average molecular weight is 469 g/mol. The van der Waals surface area contributed by atoms with Crippen molar-refractivity contribution in [3.05, 3.63) is 57.5 Å². The number of rotatable bonds is 3. The lowest BCUT2D eigenvalue weighted by Crippen LogP contribution is -2.15. The third kappa shape index (κ3) is 4.06. The first-order chi connectivity index (χ1) is 14.6. The van der Waals surface area contributed by atoms with Crippen LogP contribution in [0.3, 0.4) is 0 Å². The van der Waals surface area contributed by atoms with Gasteiger partial charge in [0.25, 0.3) is 0 Å². The van der Waals surface area contributed by atoms with Gasteiger partial charge in [0.15, 0.2) is 11.3 Å². The fourth-order valence-electron chi connectivity index (χ4n) is 3.66. The number of aromatic nitrogens is 4. The van der Waals surface area contributed by atoms with Gasteiger partial charge in [-0.2, -0.15) is 18.3 Å². The molecule has 0 aliphatic heterocycles. The van der Waals surface area contributed by atoms with Crippen LogP contribution < -0.4 is 0 Å². The lowest BCUT2D eigenvalue weighted by molar-refractivity contribution is -0.140. The molecule has 4 rings (SSSR count). The molecule has 0 spiro atoms. The maximum atomic E-state index is 13.6. The first-order valence-corrected chi connectivity index (χ1v) is 10.3. The van der Waals surface area contributed by atoms with E-state index in [2.05, 4.69) is 15.1 Å². The van der Waals surface area contributed by atoms with Crippen molar-refractivity contribution in [1.29, 1.82) is 0 Å². The molecule has 0 amide bonds. The molecule has 2 heterocycles. The number of hydrogen-bond donors (Lipinski definition) is 0. The molecule has 2 aromatic heterocycles.